The Kier molecular flexibility index (Phi) is 5.61. The molecule has 3 nitrogen and oxygen atoms in total. The van der Waals surface area contributed by atoms with Crippen LogP contribution >= 0.6 is 11.3 Å². The summed E-state index contributed by atoms with van der Waals surface area (Å²) in [6.45, 7) is 6.95. The van der Waals surface area contributed by atoms with Crippen LogP contribution in [0.4, 0.5) is 0 Å². The molecular formula is C16H29N3S. The molecule has 0 amide bonds. The first kappa shape index (κ1) is 16.0. The number of likely N-dealkylation sites (N-methyl/N-ethyl adjacent to an activating group) is 1. The van der Waals surface area contributed by atoms with Gasteiger partial charge in [0, 0.05) is 30.1 Å². The number of thiophene rings is 1. The average molecular weight is 295 g/mol. The molecule has 1 aromatic heterocycles. The predicted molar refractivity (Wildman–Crippen MR) is 88.4 cm³/mol. The molecule has 0 spiro atoms. The van der Waals surface area contributed by atoms with Crippen LogP contribution in [0.15, 0.2) is 17.5 Å². The average Bonchev–Trinajstić information content (AvgIpc) is 2.89. The van der Waals surface area contributed by atoms with E-state index in [0.29, 0.717) is 18.1 Å². The Morgan fingerprint density at radius 1 is 1.45 bits per heavy atom. The van der Waals surface area contributed by atoms with E-state index < -0.39 is 0 Å². The van der Waals surface area contributed by atoms with E-state index in [1.165, 1.54) is 17.8 Å². The molecule has 0 bridgehead atoms. The molecule has 1 fully saturated rings. The van der Waals surface area contributed by atoms with Crippen molar-refractivity contribution in [2.45, 2.75) is 38.4 Å². The largest absolute Gasteiger partial charge is 0.312 e. The van der Waals surface area contributed by atoms with Crippen LogP contribution in [0, 0.1) is 5.92 Å². The number of likely N-dealkylation sites (tertiary alicyclic amines) is 1. The Balaban J connectivity index is 1.92. The van der Waals surface area contributed by atoms with Crippen molar-refractivity contribution in [1.29, 1.82) is 0 Å². The van der Waals surface area contributed by atoms with E-state index in [4.69, 9.17) is 0 Å². The highest BCUT2D eigenvalue weighted by Crippen LogP contribution is 2.25. The Hall–Kier alpha value is -0.420. The van der Waals surface area contributed by atoms with Crippen molar-refractivity contribution in [2.24, 2.45) is 5.92 Å². The van der Waals surface area contributed by atoms with Gasteiger partial charge in [0.2, 0.25) is 0 Å². The monoisotopic (exact) mass is 295 g/mol. The van der Waals surface area contributed by atoms with Gasteiger partial charge < -0.3 is 15.1 Å². The number of nitrogens with zero attached hydrogens (tertiary/aromatic N) is 2. The molecule has 0 radical (unpaired) electrons. The van der Waals surface area contributed by atoms with Crippen LogP contribution in [0.25, 0.3) is 0 Å². The predicted octanol–water partition coefficient (Wildman–Crippen LogP) is 2.67. The van der Waals surface area contributed by atoms with E-state index in [1.54, 1.807) is 0 Å². The lowest BCUT2D eigenvalue weighted by Crippen LogP contribution is -2.52. The third kappa shape index (κ3) is 3.82. The molecule has 1 aliphatic rings. The first-order valence-corrected chi connectivity index (χ1v) is 8.50. The molecule has 1 N–H and O–H groups in total. The van der Waals surface area contributed by atoms with Crippen molar-refractivity contribution < 1.29 is 0 Å². The van der Waals surface area contributed by atoms with Crippen LogP contribution in [0.2, 0.25) is 0 Å². The summed E-state index contributed by atoms with van der Waals surface area (Å²) in [7, 11) is 6.59. The fourth-order valence-corrected chi connectivity index (χ4v) is 4.03. The van der Waals surface area contributed by atoms with Crippen LogP contribution in [-0.4, -0.2) is 56.1 Å². The zero-order chi connectivity index (χ0) is 14.7. The molecule has 4 heteroatoms. The summed E-state index contributed by atoms with van der Waals surface area (Å²) in [6, 6.07) is 6.21. The maximum atomic E-state index is 3.83. The van der Waals surface area contributed by atoms with Gasteiger partial charge in [0.15, 0.2) is 0 Å². The maximum Gasteiger partial charge on any atom is 0.0561 e. The summed E-state index contributed by atoms with van der Waals surface area (Å²) in [5.74, 6) is 0.724. The highest BCUT2D eigenvalue weighted by Gasteiger charge is 2.29. The molecule has 0 saturated carbocycles. The minimum Gasteiger partial charge on any atom is -0.312 e. The van der Waals surface area contributed by atoms with Crippen LogP contribution in [0.3, 0.4) is 0 Å². The fourth-order valence-electron chi connectivity index (χ4n) is 3.11. The van der Waals surface area contributed by atoms with Gasteiger partial charge in [-0.25, -0.2) is 0 Å². The summed E-state index contributed by atoms with van der Waals surface area (Å²) < 4.78 is 0. The van der Waals surface area contributed by atoms with Crippen LogP contribution in [-0.2, 0) is 0 Å². The first-order valence-electron chi connectivity index (χ1n) is 7.62. The van der Waals surface area contributed by atoms with Gasteiger partial charge >= 0.3 is 0 Å². The second kappa shape index (κ2) is 7.03. The van der Waals surface area contributed by atoms with Gasteiger partial charge in [-0.05, 0) is 51.9 Å². The number of hydrogen-bond acceptors (Lipinski definition) is 4. The van der Waals surface area contributed by atoms with Crippen LogP contribution in [0.5, 0.6) is 0 Å². The molecule has 2 rings (SSSR count). The quantitative estimate of drug-likeness (QED) is 0.901. The molecule has 0 aromatic carbocycles. The van der Waals surface area contributed by atoms with Gasteiger partial charge in [-0.3, -0.25) is 0 Å². The van der Waals surface area contributed by atoms with E-state index in [0.717, 1.165) is 12.5 Å². The number of hydrogen-bond donors (Lipinski definition) is 1. The first-order chi connectivity index (χ1) is 9.49. The Labute approximate surface area is 128 Å². The Bertz CT molecular complexity index is 390. The third-order valence-electron chi connectivity index (χ3n) is 4.68. The third-order valence-corrected chi connectivity index (χ3v) is 5.65. The molecule has 4 unspecified atom stereocenters. The number of piperidine rings is 1. The Morgan fingerprint density at radius 3 is 2.80 bits per heavy atom. The summed E-state index contributed by atoms with van der Waals surface area (Å²) in [5.41, 5.74) is 0. The van der Waals surface area contributed by atoms with Crippen LogP contribution < -0.4 is 5.32 Å². The topological polar surface area (TPSA) is 18.5 Å². The van der Waals surface area contributed by atoms with Gasteiger partial charge in [-0.15, -0.1) is 11.3 Å². The molecule has 2 heterocycles. The highest BCUT2D eigenvalue weighted by molar-refractivity contribution is 7.10. The van der Waals surface area contributed by atoms with Crippen molar-refractivity contribution in [1.82, 2.24) is 15.1 Å². The second-order valence-electron chi connectivity index (χ2n) is 6.51. The highest BCUT2D eigenvalue weighted by atomic mass is 32.1. The van der Waals surface area contributed by atoms with Gasteiger partial charge in [0.25, 0.3) is 0 Å². The zero-order valence-corrected chi connectivity index (χ0v) is 14.3. The molecule has 1 aromatic rings. The van der Waals surface area contributed by atoms with E-state index in [1.807, 2.05) is 11.3 Å². The zero-order valence-electron chi connectivity index (χ0n) is 13.5. The van der Waals surface area contributed by atoms with E-state index in [9.17, 15) is 0 Å². The van der Waals surface area contributed by atoms with Gasteiger partial charge in [-0.2, -0.15) is 0 Å². The molecular weight excluding hydrogens is 266 g/mol. The van der Waals surface area contributed by atoms with Gasteiger partial charge in [0.05, 0.1) is 6.04 Å². The molecule has 1 aliphatic heterocycles. The molecule has 20 heavy (non-hydrogen) atoms. The van der Waals surface area contributed by atoms with Crippen molar-refractivity contribution >= 4 is 11.3 Å². The molecule has 1 saturated heterocycles. The number of nitrogens with one attached hydrogen (secondary N) is 1. The smallest absolute Gasteiger partial charge is 0.0561 e. The van der Waals surface area contributed by atoms with Gasteiger partial charge in [0.1, 0.15) is 0 Å². The molecule has 114 valence electrons. The maximum absolute atomic E-state index is 3.83. The van der Waals surface area contributed by atoms with E-state index in [2.05, 4.69) is 67.6 Å². The SMILES string of the molecule is CC1CN(C)C(C)CC1NCC(c1cccs1)N(C)C. The summed E-state index contributed by atoms with van der Waals surface area (Å²) in [6.07, 6.45) is 1.25. The fraction of sp³-hybridized carbons (Fsp3) is 0.750. The lowest BCUT2D eigenvalue weighted by atomic mass is 9.89. The van der Waals surface area contributed by atoms with Gasteiger partial charge in [-0.1, -0.05) is 13.0 Å². The normalized spacial score (nSPS) is 29.8. The van der Waals surface area contributed by atoms with Crippen molar-refractivity contribution in [3.8, 4) is 0 Å². The number of rotatable bonds is 5. The minimum atomic E-state index is 0.483. The van der Waals surface area contributed by atoms with E-state index >= 15 is 0 Å². The van der Waals surface area contributed by atoms with Crippen LogP contribution in [0.1, 0.15) is 31.2 Å². The van der Waals surface area contributed by atoms with Crippen molar-refractivity contribution in [3.63, 3.8) is 0 Å². The summed E-state index contributed by atoms with van der Waals surface area (Å²) in [4.78, 5) is 6.25. The summed E-state index contributed by atoms with van der Waals surface area (Å²) in [5, 5.41) is 6.00. The molecule has 0 aliphatic carbocycles. The second-order valence-corrected chi connectivity index (χ2v) is 7.49. The molecule has 4 atom stereocenters. The summed E-state index contributed by atoms with van der Waals surface area (Å²) >= 11 is 1.86. The lowest BCUT2D eigenvalue weighted by molar-refractivity contribution is 0.117. The Morgan fingerprint density at radius 2 is 2.20 bits per heavy atom. The van der Waals surface area contributed by atoms with E-state index in [-0.39, 0.29) is 0 Å². The standard InChI is InChI=1S/C16H29N3S/c1-12-11-19(5)13(2)9-14(12)17-10-15(18(3)4)16-7-6-8-20-16/h6-8,12-15,17H,9-11H2,1-5H3. The minimum absolute atomic E-state index is 0.483. The van der Waals surface area contributed by atoms with Crippen molar-refractivity contribution in [3.05, 3.63) is 22.4 Å². The lowest BCUT2D eigenvalue weighted by Gasteiger charge is -2.41. The van der Waals surface area contributed by atoms with Crippen molar-refractivity contribution in [2.75, 3.05) is 34.2 Å².